The maximum atomic E-state index is 2.27. The topological polar surface area (TPSA) is 0 Å². The van der Waals surface area contributed by atoms with Gasteiger partial charge in [-0.25, -0.2) is 0 Å². The van der Waals surface area contributed by atoms with Crippen LogP contribution in [0.3, 0.4) is 0 Å². The summed E-state index contributed by atoms with van der Waals surface area (Å²) in [5, 5.41) is 0. The molecule has 1 aromatic carbocycles. The van der Waals surface area contributed by atoms with Gasteiger partial charge in [-0.2, -0.15) is 0 Å². The van der Waals surface area contributed by atoms with E-state index in [4.69, 9.17) is 0 Å². The van der Waals surface area contributed by atoms with Gasteiger partial charge in [0.1, 0.15) is 0 Å². The Bertz CT molecular complexity index is 201. The highest BCUT2D eigenvalue weighted by Gasteiger charge is 2.05. The van der Waals surface area contributed by atoms with E-state index in [0.29, 0.717) is 0 Å². The van der Waals surface area contributed by atoms with Crippen LogP contribution in [0.4, 0.5) is 0 Å². The van der Waals surface area contributed by atoms with Crippen LogP contribution in [0.1, 0.15) is 65.9 Å². The fourth-order valence-corrected chi connectivity index (χ4v) is 1.68. The van der Waals surface area contributed by atoms with E-state index in [1.807, 2.05) is 13.8 Å². The molecule has 0 fully saturated rings. The molecule has 88 valence electrons. The molecule has 0 saturated heterocycles. The maximum absolute atomic E-state index is 2.27. The molecule has 0 nitrogen and oxygen atoms in total. The predicted molar refractivity (Wildman–Crippen MR) is 72.5 cm³/mol. The van der Waals surface area contributed by atoms with Gasteiger partial charge in [0.15, 0.2) is 0 Å². The molecule has 0 amide bonds. The molecule has 0 aliphatic carbocycles. The predicted octanol–water partition coefficient (Wildman–Crippen LogP) is 5.64. The Kier molecular flexibility index (Phi) is 12.5. The van der Waals surface area contributed by atoms with E-state index in [-0.39, 0.29) is 7.43 Å². The largest absolute Gasteiger partial charge is 0.0776 e. The van der Waals surface area contributed by atoms with Gasteiger partial charge in [-0.1, -0.05) is 71.9 Å². The van der Waals surface area contributed by atoms with Crippen molar-refractivity contribution in [2.24, 2.45) is 0 Å². The van der Waals surface area contributed by atoms with Gasteiger partial charge in [-0.05, 0) is 24.3 Å². The van der Waals surface area contributed by atoms with Crippen molar-refractivity contribution in [2.75, 3.05) is 0 Å². The Hall–Kier alpha value is -0.780. The first-order chi connectivity index (χ1) is 6.88. The summed E-state index contributed by atoms with van der Waals surface area (Å²) in [6.07, 6.45) is 3.87. The zero-order chi connectivity index (χ0) is 10.8. The highest BCUT2D eigenvalue weighted by molar-refractivity contribution is 5.19. The monoisotopic (exact) mass is 208 g/mol. The second-order valence-corrected chi connectivity index (χ2v) is 3.30. The van der Waals surface area contributed by atoms with Crippen molar-refractivity contribution in [3.05, 3.63) is 35.9 Å². The molecule has 1 aromatic rings. The first-order valence-electron chi connectivity index (χ1n) is 5.93. The second-order valence-electron chi connectivity index (χ2n) is 3.30. The Morgan fingerprint density at radius 2 is 1.53 bits per heavy atom. The average molecular weight is 208 g/mol. The molecule has 1 rings (SSSR count). The molecule has 1 unspecified atom stereocenters. The highest BCUT2D eigenvalue weighted by Crippen LogP contribution is 2.23. The van der Waals surface area contributed by atoms with Gasteiger partial charge in [0.25, 0.3) is 0 Å². The van der Waals surface area contributed by atoms with Crippen molar-refractivity contribution in [1.29, 1.82) is 0 Å². The Labute approximate surface area is 96.7 Å². The van der Waals surface area contributed by atoms with Gasteiger partial charge in [0.05, 0.1) is 0 Å². The van der Waals surface area contributed by atoms with E-state index < -0.39 is 0 Å². The van der Waals surface area contributed by atoms with Crippen LogP contribution in [0.5, 0.6) is 0 Å². The summed E-state index contributed by atoms with van der Waals surface area (Å²) in [5.74, 6) is 0.774. The van der Waals surface area contributed by atoms with E-state index in [2.05, 4.69) is 44.2 Å². The van der Waals surface area contributed by atoms with E-state index >= 15 is 0 Å². The number of hydrogen-bond donors (Lipinski definition) is 0. The third-order valence-electron chi connectivity index (χ3n) is 2.40. The lowest BCUT2D eigenvalue weighted by molar-refractivity contribution is 0.596. The minimum atomic E-state index is 0. The van der Waals surface area contributed by atoms with E-state index in [9.17, 15) is 0 Å². The SMILES string of the molecule is C.CC.CCCC(CC)c1ccccc1. The maximum Gasteiger partial charge on any atom is -0.0165 e. The smallest absolute Gasteiger partial charge is 0.0165 e. The van der Waals surface area contributed by atoms with Crippen molar-refractivity contribution in [3.8, 4) is 0 Å². The fraction of sp³-hybridized carbons (Fsp3) is 0.600. The van der Waals surface area contributed by atoms with Gasteiger partial charge in [0, 0.05) is 0 Å². The minimum Gasteiger partial charge on any atom is -0.0776 e. The molecule has 0 aliphatic rings. The fourth-order valence-electron chi connectivity index (χ4n) is 1.68. The Morgan fingerprint density at radius 1 is 1.00 bits per heavy atom. The van der Waals surface area contributed by atoms with Gasteiger partial charge in [-0.3, -0.25) is 0 Å². The molecule has 0 bridgehead atoms. The lowest BCUT2D eigenvalue weighted by Crippen LogP contribution is -1.95. The van der Waals surface area contributed by atoms with Crippen LogP contribution >= 0.6 is 0 Å². The number of hydrogen-bond acceptors (Lipinski definition) is 0. The van der Waals surface area contributed by atoms with Crippen molar-refractivity contribution >= 4 is 0 Å². The summed E-state index contributed by atoms with van der Waals surface area (Å²) in [5.41, 5.74) is 1.50. The molecule has 0 heterocycles. The molecule has 1 atom stereocenters. The quantitative estimate of drug-likeness (QED) is 0.600. The third kappa shape index (κ3) is 6.33. The molecular weight excluding hydrogens is 180 g/mol. The third-order valence-corrected chi connectivity index (χ3v) is 2.40. The molecule has 0 radical (unpaired) electrons. The summed E-state index contributed by atoms with van der Waals surface area (Å²) < 4.78 is 0. The van der Waals surface area contributed by atoms with Crippen molar-refractivity contribution < 1.29 is 0 Å². The Balaban J connectivity index is 0. The number of benzene rings is 1. The van der Waals surface area contributed by atoms with Crippen LogP contribution in [0.25, 0.3) is 0 Å². The summed E-state index contributed by atoms with van der Waals surface area (Å²) in [6, 6.07) is 10.8. The Morgan fingerprint density at radius 3 is 1.93 bits per heavy atom. The molecule has 0 N–H and O–H groups in total. The first-order valence-corrected chi connectivity index (χ1v) is 5.93. The molecule has 0 spiro atoms. The second kappa shape index (κ2) is 11.3. The first kappa shape index (κ1) is 16.6. The van der Waals surface area contributed by atoms with Crippen LogP contribution in [-0.4, -0.2) is 0 Å². The van der Waals surface area contributed by atoms with E-state index in [1.165, 1.54) is 24.8 Å². The normalized spacial score (nSPS) is 10.7. The zero-order valence-corrected chi connectivity index (χ0v) is 10.1. The standard InChI is InChI=1S/C12H18.C2H6.CH4/c1-3-8-11(4-2)12-9-6-5-7-10-12;1-2;/h5-7,9-11H,3-4,8H2,1-2H3;1-2H3;1H4. The van der Waals surface area contributed by atoms with Gasteiger partial charge in [0.2, 0.25) is 0 Å². The van der Waals surface area contributed by atoms with Crippen LogP contribution in [0.15, 0.2) is 30.3 Å². The van der Waals surface area contributed by atoms with Gasteiger partial charge < -0.3 is 0 Å². The lowest BCUT2D eigenvalue weighted by Gasteiger charge is -2.13. The summed E-state index contributed by atoms with van der Waals surface area (Å²) >= 11 is 0. The summed E-state index contributed by atoms with van der Waals surface area (Å²) in [7, 11) is 0. The number of rotatable bonds is 4. The lowest BCUT2D eigenvalue weighted by atomic mass is 9.92. The van der Waals surface area contributed by atoms with E-state index in [1.54, 1.807) is 0 Å². The van der Waals surface area contributed by atoms with E-state index in [0.717, 1.165) is 5.92 Å². The molecule has 15 heavy (non-hydrogen) atoms. The summed E-state index contributed by atoms with van der Waals surface area (Å²) in [4.78, 5) is 0. The van der Waals surface area contributed by atoms with Crippen LogP contribution < -0.4 is 0 Å². The highest BCUT2D eigenvalue weighted by atomic mass is 14.1. The van der Waals surface area contributed by atoms with Gasteiger partial charge in [-0.15, -0.1) is 0 Å². The van der Waals surface area contributed by atoms with Crippen molar-refractivity contribution in [2.45, 2.75) is 60.3 Å². The van der Waals surface area contributed by atoms with Crippen molar-refractivity contribution in [3.63, 3.8) is 0 Å². The molecule has 0 saturated carbocycles. The van der Waals surface area contributed by atoms with Crippen LogP contribution in [0, 0.1) is 0 Å². The molecular formula is C15H28. The van der Waals surface area contributed by atoms with Crippen LogP contribution in [-0.2, 0) is 0 Å². The molecule has 0 heteroatoms. The van der Waals surface area contributed by atoms with Gasteiger partial charge >= 0.3 is 0 Å². The summed E-state index contributed by atoms with van der Waals surface area (Å²) in [6.45, 7) is 8.53. The molecule has 0 aliphatic heterocycles. The molecule has 0 aromatic heterocycles. The average Bonchev–Trinajstić information content (AvgIpc) is 2.30. The van der Waals surface area contributed by atoms with Crippen LogP contribution in [0.2, 0.25) is 0 Å². The van der Waals surface area contributed by atoms with Crippen molar-refractivity contribution in [1.82, 2.24) is 0 Å². The zero-order valence-electron chi connectivity index (χ0n) is 10.1. The minimum absolute atomic E-state index is 0.